The molecule has 1 amide bonds. The molecule has 0 unspecified atom stereocenters. The Bertz CT molecular complexity index is 1120. The maximum absolute atomic E-state index is 13.5. The smallest absolute Gasteiger partial charge is 0.325 e. The molecule has 0 N–H and O–H groups in total. The Hall–Kier alpha value is -3.05. The van der Waals surface area contributed by atoms with Gasteiger partial charge in [0.05, 0.1) is 19.6 Å². The number of amides is 1. The van der Waals surface area contributed by atoms with Crippen LogP contribution in [0.3, 0.4) is 0 Å². The van der Waals surface area contributed by atoms with Crippen molar-refractivity contribution in [1.29, 1.82) is 0 Å². The second kappa shape index (κ2) is 9.84. The van der Waals surface area contributed by atoms with Crippen LogP contribution in [0.15, 0.2) is 89.8 Å². The third kappa shape index (κ3) is 4.55. The molecular weight excluding hydrogens is 430 g/mol. The monoisotopic (exact) mass is 459 g/mol. The Kier molecular flexibility index (Phi) is 6.89. The highest BCUT2D eigenvalue weighted by molar-refractivity contribution is 8.01. The summed E-state index contributed by atoms with van der Waals surface area (Å²) in [7, 11) is 1.41. The van der Waals surface area contributed by atoms with Gasteiger partial charge in [-0.05, 0) is 28.7 Å². The molecule has 4 nitrogen and oxygen atoms in total. The molecule has 0 aromatic heterocycles. The number of carbonyl (C=O) groups is 2. The fraction of sp³-hybridized carbons (Fsp3) is 0.286. The van der Waals surface area contributed by atoms with E-state index in [0.29, 0.717) is 6.54 Å². The van der Waals surface area contributed by atoms with Gasteiger partial charge >= 0.3 is 5.97 Å². The van der Waals surface area contributed by atoms with E-state index in [4.69, 9.17) is 4.74 Å². The maximum atomic E-state index is 13.5. The predicted octanol–water partition coefficient (Wildman–Crippen LogP) is 5.99. The van der Waals surface area contributed by atoms with Crippen molar-refractivity contribution in [2.45, 2.75) is 48.4 Å². The minimum Gasteiger partial charge on any atom is -0.468 e. The van der Waals surface area contributed by atoms with Crippen molar-refractivity contribution >= 4 is 23.6 Å². The van der Waals surface area contributed by atoms with Gasteiger partial charge in [-0.25, -0.2) is 0 Å². The van der Waals surface area contributed by atoms with E-state index >= 15 is 0 Å². The zero-order valence-corrected chi connectivity index (χ0v) is 20.0. The Balaban J connectivity index is 1.85. The SMILES string of the molecule is COC(=O)[C@@]1(Sc2ccccc2C(C)C)CC(=O)N(Cc2ccccc2)[C@@H]1c1ccccc1. The normalized spacial score (nSPS) is 20.3. The molecular formula is C28H29NO3S. The molecule has 0 aliphatic carbocycles. The molecule has 0 bridgehead atoms. The van der Waals surface area contributed by atoms with Gasteiger partial charge in [0.25, 0.3) is 0 Å². The highest BCUT2D eigenvalue weighted by Crippen LogP contribution is 2.54. The van der Waals surface area contributed by atoms with Crippen LogP contribution in [0.2, 0.25) is 0 Å². The molecule has 0 spiro atoms. The molecule has 3 aromatic rings. The van der Waals surface area contributed by atoms with Crippen LogP contribution < -0.4 is 0 Å². The maximum Gasteiger partial charge on any atom is 0.325 e. The first-order valence-electron chi connectivity index (χ1n) is 11.2. The van der Waals surface area contributed by atoms with Crippen molar-refractivity contribution in [3.05, 3.63) is 102 Å². The summed E-state index contributed by atoms with van der Waals surface area (Å²) in [6, 6.07) is 27.4. The summed E-state index contributed by atoms with van der Waals surface area (Å²) in [5.41, 5.74) is 3.12. The fourth-order valence-electron chi connectivity index (χ4n) is 4.60. The number of esters is 1. The van der Waals surface area contributed by atoms with Crippen LogP contribution in [0.4, 0.5) is 0 Å². The first-order chi connectivity index (χ1) is 16.0. The summed E-state index contributed by atoms with van der Waals surface area (Å²) in [4.78, 5) is 29.9. The molecule has 1 aliphatic heterocycles. The highest BCUT2D eigenvalue weighted by atomic mass is 32.2. The van der Waals surface area contributed by atoms with Crippen molar-refractivity contribution in [1.82, 2.24) is 4.90 Å². The topological polar surface area (TPSA) is 46.6 Å². The average Bonchev–Trinajstić information content (AvgIpc) is 3.11. The van der Waals surface area contributed by atoms with Crippen molar-refractivity contribution < 1.29 is 14.3 Å². The Labute approximate surface area is 200 Å². The summed E-state index contributed by atoms with van der Waals surface area (Å²) in [6.45, 7) is 4.71. The number of nitrogens with zero attached hydrogens (tertiary/aromatic N) is 1. The van der Waals surface area contributed by atoms with E-state index in [1.54, 1.807) is 0 Å². The van der Waals surface area contributed by atoms with Gasteiger partial charge in [0.2, 0.25) is 5.91 Å². The molecule has 0 radical (unpaired) electrons. The third-order valence-electron chi connectivity index (χ3n) is 6.16. The van der Waals surface area contributed by atoms with Crippen LogP contribution in [0, 0.1) is 0 Å². The third-order valence-corrected chi connectivity index (χ3v) is 7.65. The van der Waals surface area contributed by atoms with Gasteiger partial charge in [0.1, 0.15) is 0 Å². The molecule has 170 valence electrons. The van der Waals surface area contributed by atoms with E-state index in [-0.39, 0.29) is 24.2 Å². The number of likely N-dealkylation sites (tertiary alicyclic amines) is 1. The van der Waals surface area contributed by atoms with Crippen LogP contribution in [0.1, 0.15) is 48.9 Å². The van der Waals surface area contributed by atoms with Gasteiger partial charge < -0.3 is 9.64 Å². The summed E-state index contributed by atoms with van der Waals surface area (Å²) < 4.78 is 4.28. The average molecular weight is 460 g/mol. The zero-order valence-electron chi connectivity index (χ0n) is 19.2. The summed E-state index contributed by atoms with van der Waals surface area (Å²) >= 11 is 1.47. The lowest BCUT2D eigenvalue weighted by Crippen LogP contribution is -2.42. The Morgan fingerprint density at radius 1 is 1.00 bits per heavy atom. The highest BCUT2D eigenvalue weighted by Gasteiger charge is 2.59. The largest absolute Gasteiger partial charge is 0.468 e. The van der Waals surface area contributed by atoms with Gasteiger partial charge in [0.15, 0.2) is 4.75 Å². The van der Waals surface area contributed by atoms with Gasteiger partial charge in [-0.1, -0.05) is 92.7 Å². The second-order valence-corrected chi connectivity index (χ2v) is 10.0. The quantitative estimate of drug-likeness (QED) is 0.407. The molecule has 1 heterocycles. The lowest BCUT2D eigenvalue weighted by Gasteiger charge is -2.36. The first-order valence-corrected chi connectivity index (χ1v) is 12.0. The molecule has 1 fully saturated rings. The van der Waals surface area contributed by atoms with E-state index < -0.39 is 10.8 Å². The summed E-state index contributed by atoms with van der Waals surface area (Å²) in [5.74, 6) is -0.132. The van der Waals surface area contributed by atoms with Gasteiger partial charge in [0, 0.05) is 11.4 Å². The van der Waals surface area contributed by atoms with Gasteiger partial charge in [-0.2, -0.15) is 0 Å². The molecule has 4 rings (SSSR count). The second-order valence-electron chi connectivity index (χ2n) is 8.67. The molecule has 2 atom stereocenters. The van der Waals surface area contributed by atoms with E-state index in [0.717, 1.165) is 21.6 Å². The van der Waals surface area contributed by atoms with Crippen molar-refractivity contribution in [2.24, 2.45) is 0 Å². The van der Waals surface area contributed by atoms with E-state index in [1.165, 1.54) is 18.9 Å². The van der Waals surface area contributed by atoms with Crippen LogP contribution >= 0.6 is 11.8 Å². The number of carbonyl (C=O) groups excluding carboxylic acids is 2. The van der Waals surface area contributed by atoms with Crippen molar-refractivity contribution in [3.63, 3.8) is 0 Å². The Morgan fingerprint density at radius 3 is 2.24 bits per heavy atom. The number of hydrogen-bond donors (Lipinski definition) is 0. The minimum absolute atomic E-state index is 0.0485. The van der Waals surface area contributed by atoms with Crippen molar-refractivity contribution in [3.8, 4) is 0 Å². The molecule has 33 heavy (non-hydrogen) atoms. The fourth-order valence-corrected chi connectivity index (χ4v) is 6.30. The number of hydrogen-bond acceptors (Lipinski definition) is 4. The van der Waals surface area contributed by atoms with Crippen molar-refractivity contribution in [2.75, 3.05) is 7.11 Å². The van der Waals surface area contributed by atoms with E-state index in [9.17, 15) is 9.59 Å². The van der Waals surface area contributed by atoms with Crippen LogP contribution in [-0.4, -0.2) is 28.6 Å². The molecule has 1 aliphatic rings. The molecule has 3 aromatic carbocycles. The number of rotatable bonds is 7. The van der Waals surface area contributed by atoms with Crippen LogP contribution in [-0.2, 0) is 20.9 Å². The van der Waals surface area contributed by atoms with E-state index in [2.05, 4.69) is 19.9 Å². The van der Waals surface area contributed by atoms with E-state index in [1.807, 2.05) is 83.8 Å². The molecule has 1 saturated heterocycles. The standard InChI is InChI=1S/C28H29NO3S/c1-20(2)23-16-10-11-17-24(23)33-28(27(31)32-3)18-25(30)29(19-21-12-6-4-7-13-21)26(28)22-14-8-5-9-15-22/h4-17,20,26H,18-19H2,1-3H3/t26-,28-/m1/s1. The van der Waals surface area contributed by atoms with Gasteiger partial charge in [-0.3, -0.25) is 9.59 Å². The van der Waals surface area contributed by atoms with Gasteiger partial charge in [-0.15, -0.1) is 11.8 Å². The number of thioether (sulfide) groups is 1. The minimum atomic E-state index is -1.09. The number of methoxy groups -OCH3 is 1. The zero-order chi connectivity index (χ0) is 23.4. The summed E-state index contributed by atoms with van der Waals surface area (Å²) in [6.07, 6.45) is 0.0865. The Morgan fingerprint density at radius 2 is 1.61 bits per heavy atom. The number of ether oxygens (including phenoxy) is 1. The molecule has 5 heteroatoms. The first kappa shape index (κ1) is 23.1. The lowest BCUT2D eigenvalue weighted by atomic mass is 9.92. The predicted molar refractivity (Wildman–Crippen MR) is 132 cm³/mol. The lowest BCUT2D eigenvalue weighted by molar-refractivity contribution is -0.144. The number of benzene rings is 3. The van der Waals surface area contributed by atoms with Crippen LogP contribution in [0.5, 0.6) is 0 Å². The van der Waals surface area contributed by atoms with Crippen LogP contribution in [0.25, 0.3) is 0 Å². The molecule has 0 saturated carbocycles. The summed E-state index contributed by atoms with van der Waals surface area (Å²) in [5, 5.41) is 0.